The lowest BCUT2D eigenvalue weighted by Gasteiger charge is -2.09. The van der Waals surface area contributed by atoms with E-state index in [1.54, 1.807) is 61.5 Å². The molecular weight excluding hydrogens is 350 g/mol. The Morgan fingerprint density at radius 3 is 2.58 bits per heavy atom. The molecule has 0 aliphatic rings. The summed E-state index contributed by atoms with van der Waals surface area (Å²) in [6.45, 7) is 1.77. The number of hydrogen-bond donors (Lipinski definition) is 2. The molecule has 0 spiro atoms. The molecule has 0 radical (unpaired) electrons. The van der Waals surface area contributed by atoms with Gasteiger partial charge in [-0.3, -0.25) is 4.79 Å². The first kappa shape index (κ1) is 17.4. The molecule has 6 nitrogen and oxygen atoms in total. The van der Waals surface area contributed by atoms with Gasteiger partial charge in [-0.15, -0.1) is 0 Å². The number of amides is 1. The summed E-state index contributed by atoms with van der Waals surface area (Å²) >= 11 is 5.87. The van der Waals surface area contributed by atoms with Gasteiger partial charge >= 0.3 is 0 Å². The van der Waals surface area contributed by atoms with Crippen LogP contribution >= 0.6 is 11.6 Å². The predicted octanol–water partition coefficient (Wildman–Crippen LogP) is 4.31. The van der Waals surface area contributed by atoms with Gasteiger partial charge in [-0.05, 0) is 49.4 Å². The van der Waals surface area contributed by atoms with Gasteiger partial charge in [-0.2, -0.15) is 5.26 Å². The van der Waals surface area contributed by atoms with Gasteiger partial charge in [0.2, 0.25) is 5.95 Å². The quantitative estimate of drug-likeness (QED) is 0.720. The zero-order chi connectivity index (χ0) is 18.5. The number of anilines is 3. The summed E-state index contributed by atoms with van der Waals surface area (Å²) in [6, 6.07) is 17.5. The Kier molecular flexibility index (Phi) is 5.11. The standard InChI is InChI=1S/C19H14ClN5O/c1-12-10-17(18(26)24-16-5-3-2-4-13(16)11-21)25-19(22-12)23-15-8-6-14(20)7-9-15/h2-10H,1H3,(H,24,26)(H,22,23,25). The number of halogens is 1. The monoisotopic (exact) mass is 363 g/mol. The van der Waals surface area contributed by atoms with Gasteiger partial charge in [0.15, 0.2) is 0 Å². The molecule has 2 aromatic carbocycles. The third kappa shape index (κ3) is 4.15. The van der Waals surface area contributed by atoms with Crippen molar-refractivity contribution in [2.45, 2.75) is 6.92 Å². The van der Waals surface area contributed by atoms with E-state index in [1.807, 2.05) is 6.07 Å². The molecule has 0 saturated carbocycles. The van der Waals surface area contributed by atoms with E-state index < -0.39 is 5.91 Å². The minimum absolute atomic E-state index is 0.196. The maximum absolute atomic E-state index is 12.5. The van der Waals surface area contributed by atoms with E-state index in [0.29, 0.717) is 27.9 Å². The predicted molar refractivity (Wildman–Crippen MR) is 101 cm³/mol. The number of nitrogens with one attached hydrogen (secondary N) is 2. The SMILES string of the molecule is Cc1cc(C(=O)Nc2ccccc2C#N)nc(Nc2ccc(Cl)cc2)n1. The largest absolute Gasteiger partial charge is 0.324 e. The summed E-state index contributed by atoms with van der Waals surface area (Å²) in [5.74, 6) is -0.122. The van der Waals surface area contributed by atoms with Crippen LogP contribution in [0, 0.1) is 18.3 Å². The lowest BCUT2D eigenvalue weighted by atomic mass is 10.2. The van der Waals surface area contributed by atoms with Crippen molar-refractivity contribution in [3.63, 3.8) is 0 Å². The van der Waals surface area contributed by atoms with E-state index in [-0.39, 0.29) is 5.69 Å². The number of carbonyl (C=O) groups excluding carboxylic acids is 1. The first-order chi connectivity index (χ1) is 12.5. The molecule has 1 aromatic heterocycles. The molecule has 0 atom stereocenters. The van der Waals surface area contributed by atoms with Crippen LogP contribution in [0.25, 0.3) is 0 Å². The molecule has 3 aromatic rings. The van der Waals surface area contributed by atoms with Crippen LogP contribution in [0.3, 0.4) is 0 Å². The Labute approximate surface area is 155 Å². The highest BCUT2D eigenvalue weighted by Crippen LogP contribution is 2.18. The Balaban J connectivity index is 1.83. The fourth-order valence-corrected chi connectivity index (χ4v) is 2.41. The number of carbonyl (C=O) groups is 1. The number of nitriles is 1. The lowest BCUT2D eigenvalue weighted by Crippen LogP contribution is -2.16. The second-order valence-electron chi connectivity index (χ2n) is 5.46. The minimum atomic E-state index is -0.419. The summed E-state index contributed by atoms with van der Waals surface area (Å²) in [6.07, 6.45) is 0. The normalized spacial score (nSPS) is 10.0. The fraction of sp³-hybridized carbons (Fsp3) is 0.0526. The van der Waals surface area contributed by atoms with E-state index in [4.69, 9.17) is 16.9 Å². The van der Waals surface area contributed by atoms with Gasteiger partial charge in [0.05, 0.1) is 11.3 Å². The van der Waals surface area contributed by atoms with Crippen molar-refractivity contribution < 1.29 is 4.79 Å². The molecule has 0 unspecified atom stereocenters. The highest BCUT2D eigenvalue weighted by atomic mass is 35.5. The maximum Gasteiger partial charge on any atom is 0.274 e. The van der Waals surface area contributed by atoms with Crippen LogP contribution < -0.4 is 10.6 Å². The van der Waals surface area contributed by atoms with E-state index in [1.165, 1.54) is 0 Å². The van der Waals surface area contributed by atoms with Gasteiger partial charge in [0.25, 0.3) is 5.91 Å². The van der Waals surface area contributed by atoms with E-state index in [9.17, 15) is 4.79 Å². The van der Waals surface area contributed by atoms with Gasteiger partial charge in [-0.25, -0.2) is 9.97 Å². The molecule has 0 aliphatic carbocycles. The topological polar surface area (TPSA) is 90.7 Å². The van der Waals surface area contributed by atoms with Crippen LogP contribution in [0.15, 0.2) is 54.6 Å². The van der Waals surface area contributed by atoms with Crippen LogP contribution in [-0.2, 0) is 0 Å². The third-order valence-electron chi connectivity index (χ3n) is 3.48. The molecule has 3 rings (SSSR count). The molecule has 1 heterocycles. The smallest absolute Gasteiger partial charge is 0.274 e. The van der Waals surface area contributed by atoms with Gasteiger partial charge in [0.1, 0.15) is 11.8 Å². The summed E-state index contributed by atoms with van der Waals surface area (Å²) in [4.78, 5) is 21.1. The van der Waals surface area contributed by atoms with Crippen LogP contribution in [-0.4, -0.2) is 15.9 Å². The van der Waals surface area contributed by atoms with Gasteiger partial charge in [0, 0.05) is 16.4 Å². The maximum atomic E-state index is 12.5. The van der Waals surface area contributed by atoms with Crippen molar-refractivity contribution in [1.29, 1.82) is 5.26 Å². The fourth-order valence-electron chi connectivity index (χ4n) is 2.28. The number of para-hydroxylation sites is 1. The van der Waals surface area contributed by atoms with Crippen molar-refractivity contribution in [3.8, 4) is 6.07 Å². The Morgan fingerprint density at radius 1 is 1.12 bits per heavy atom. The number of rotatable bonds is 4. The van der Waals surface area contributed by atoms with Crippen molar-refractivity contribution in [2.24, 2.45) is 0 Å². The second kappa shape index (κ2) is 7.64. The molecule has 128 valence electrons. The van der Waals surface area contributed by atoms with Crippen LogP contribution in [0.2, 0.25) is 5.02 Å². The van der Waals surface area contributed by atoms with Crippen molar-refractivity contribution >= 4 is 34.8 Å². The number of benzene rings is 2. The average Bonchev–Trinajstić information content (AvgIpc) is 2.63. The highest BCUT2D eigenvalue weighted by Gasteiger charge is 2.13. The molecule has 2 N–H and O–H groups in total. The van der Waals surface area contributed by atoms with E-state index in [0.717, 1.165) is 5.69 Å². The zero-order valence-corrected chi connectivity index (χ0v) is 14.6. The zero-order valence-electron chi connectivity index (χ0n) is 13.8. The second-order valence-corrected chi connectivity index (χ2v) is 5.90. The summed E-state index contributed by atoms with van der Waals surface area (Å²) in [7, 11) is 0. The Morgan fingerprint density at radius 2 is 1.85 bits per heavy atom. The number of aryl methyl sites for hydroxylation is 1. The molecule has 0 aliphatic heterocycles. The van der Waals surface area contributed by atoms with Crippen molar-refractivity contribution in [2.75, 3.05) is 10.6 Å². The van der Waals surface area contributed by atoms with Crippen LogP contribution in [0.1, 0.15) is 21.7 Å². The molecule has 0 bridgehead atoms. The number of hydrogen-bond acceptors (Lipinski definition) is 5. The average molecular weight is 364 g/mol. The molecule has 0 fully saturated rings. The van der Waals surface area contributed by atoms with Crippen molar-refractivity contribution in [3.05, 3.63) is 76.6 Å². The first-order valence-corrected chi connectivity index (χ1v) is 8.12. The Hall–Kier alpha value is -3.43. The van der Waals surface area contributed by atoms with Gasteiger partial charge in [-0.1, -0.05) is 23.7 Å². The number of aromatic nitrogens is 2. The minimum Gasteiger partial charge on any atom is -0.324 e. The molecule has 1 amide bonds. The van der Waals surface area contributed by atoms with Crippen molar-refractivity contribution in [1.82, 2.24) is 9.97 Å². The first-order valence-electron chi connectivity index (χ1n) is 7.74. The highest BCUT2D eigenvalue weighted by molar-refractivity contribution is 6.30. The lowest BCUT2D eigenvalue weighted by molar-refractivity contribution is 0.102. The summed E-state index contributed by atoms with van der Waals surface area (Å²) < 4.78 is 0. The van der Waals surface area contributed by atoms with Crippen LogP contribution in [0.4, 0.5) is 17.3 Å². The molecular formula is C19H14ClN5O. The Bertz CT molecular complexity index is 996. The van der Waals surface area contributed by atoms with Crippen LogP contribution in [0.5, 0.6) is 0 Å². The number of nitrogens with zero attached hydrogens (tertiary/aromatic N) is 3. The molecule has 0 saturated heterocycles. The van der Waals surface area contributed by atoms with E-state index >= 15 is 0 Å². The third-order valence-corrected chi connectivity index (χ3v) is 3.73. The van der Waals surface area contributed by atoms with Gasteiger partial charge < -0.3 is 10.6 Å². The van der Waals surface area contributed by atoms with E-state index in [2.05, 4.69) is 20.6 Å². The summed E-state index contributed by atoms with van der Waals surface area (Å²) in [5, 5.41) is 15.5. The summed E-state index contributed by atoms with van der Waals surface area (Å²) in [5.41, 5.74) is 2.40. The molecule has 26 heavy (non-hydrogen) atoms. The molecule has 7 heteroatoms.